The standard InChI is InChI=1S/C24H21N3O5S/c28-21(25-10-13-9-18(13)22(29)30)20-11-26-23(33-20)27-24(31)32-12-19-16-7-3-1-5-14(16)15-6-2-4-8-17(15)19/h1-8,11,13,18-19H,9-10,12H2,(H,25,28)(H,29,30)(H,26,27,31). The first-order valence-electron chi connectivity index (χ1n) is 10.6. The Hall–Kier alpha value is -3.72. The lowest BCUT2D eigenvalue weighted by molar-refractivity contribution is -0.138. The van der Waals surface area contributed by atoms with Crippen molar-refractivity contribution in [3.8, 4) is 11.1 Å². The molecule has 0 radical (unpaired) electrons. The van der Waals surface area contributed by atoms with Gasteiger partial charge in [-0.2, -0.15) is 0 Å². The molecular weight excluding hydrogens is 442 g/mol. The third kappa shape index (κ3) is 4.31. The van der Waals surface area contributed by atoms with Crippen LogP contribution in [0.25, 0.3) is 11.1 Å². The van der Waals surface area contributed by atoms with Crippen molar-refractivity contribution in [1.29, 1.82) is 0 Å². The van der Waals surface area contributed by atoms with Crippen molar-refractivity contribution in [1.82, 2.24) is 10.3 Å². The van der Waals surface area contributed by atoms with Gasteiger partial charge in [0.1, 0.15) is 11.5 Å². The summed E-state index contributed by atoms with van der Waals surface area (Å²) in [7, 11) is 0. The quantitative estimate of drug-likeness (QED) is 0.488. The number of hydrogen-bond acceptors (Lipinski definition) is 6. The number of amides is 2. The summed E-state index contributed by atoms with van der Waals surface area (Å²) in [4.78, 5) is 39.9. The van der Waals surface area contributed by atoms with Crippen LogP contribution in [0.5, 0.6) is 0 Å². The Morgan fingerprint density at radius 1 is 1.06 bits per heavy atom. The number of carbonyl (C=O) groups is 3. The molecule has 1 fully saturated rings. The fourth-order valence-corrected chi connectivity index (χ4v) is 4.96. The molecule has 0 saturated heterocycles. The summed E-state index contributed by atoms with van der Waals surface area (Å²) in [6.45, 7) is 0.494. The van der Waals surface area contributed by atoms with Gasteiger partial charge in [-0.05, 0) is 34.6 Å². The zero-order valence-electron chi connectivity index (χ0n) is 17.5. The molecule has 0 bridgehead atoms. The average Bonchev–Trinajstić information content (AvgIpc) is 3.35. The summed E-state index contributed by atoms with van der Waals surface area (Å²) in [6, 6.07) is 16.2. The van der Waals surface area contributed by atoms with E-state index >= 15 is 0 Å². The van der Waals surface area contributed by atoms with Gasteiger partial charge in [0.25, 0.3) is 5.91 Å². The van der Waals surface area contributed by atoms with Crippen molar-refractivity contribution in [2.75, 3.05) is 18.5 Å². The van der Waals surface area contributed by atoms with Crippen LogP contribution in [0.2, 0.25) is 0 Å². The molecular formula is C24H21N3O5S. The number of fused-ring (bicyclic) bond motifs is 3. The summed E-state index contributed by atoms with van der Waals surface area (Å²) < 4.78 is 5.50. The molecule has 0 spiro atoms. The Morgan fingerprint density at radius 2 is 1.73 bits per heavy atom. The van der Waals surface area contributed by atoms with Crippen molar-refractivity contribution in [3.05, 3.63) is 70.7 Å². The van der Waals surface area contributed by atoms with Crippen LogP contribution >= 0.6 is 11.3 Å². The van der Waals surface area contributed by atoms with Crippen LogP contribution in [0, 0.1) is 11.8 Å². The van der Waals surface area contributed by atoms with Crippen molar-refractivity contribution >= 4 is 34.4 Å². The van der Waals surface area contributed by atoms with Gasteiger partial charge in [-0.1, -0.05) is 59.9 Å². The van der Waals surface area contributed by atoms with Crippen LogP contribution in [0.1, 0.15) is 33.1 Å². The number of rotatable bonds is 7. The van der Waals surface area contributed by atoms with Gasteiger partial charge in [0.15, 0.2) is 5.13 Å². The van der Waals surface area contributed by atoms with E-state index in [4.69, 9.17) is 9.84 Å². The summed E-state index contributed by atoms with van der Waals surface area (Å²) >= 11 is 1.03. The Balaban J connectivity index is 1.15. The fourth-order valence-electron chi connectivity index (χ4n) is 4.25. The van der Waals surface area contributed by atoms with Gasteiger partial charge in [0.05, 0.1) is 12.1 Å². The third-order valence-electron chi connectivity index (χ3n) is 6.05. The number of carboxylic acids is 1. The van der Waals surface area contributed by atoms with E-state index in [1.807, 2.05) is 36.4 Å². The Bertz CT molecular complexity index is 1190. The Kier molecular flexibility index (Phi) is 5.55. The van der Waals surface area contributed by atoms with Gasteiger partial charge in [0.2, 0.25) is 0 Å². The number of thiazole rings is 1. The Labute approximate surface area is 193 Å². The molecule has 0 aliphatic heterocycles. The predicted molar refractivity (Wildman–Crippen MR) is 122 cm³/mol. The van der Waals surface area contributed by atoms with Gasteiger partial charge < -0.3 is 15.2 Å². The van der Waals surface area contributed by atoms with E-state index in [0.29, 0.717) is 17.8 Å². The molecule has 9 heteroatoms. The summed E-state index contributed by atoms with van der Waals surface area (Å²) in [5.74, 6) is -1.63. The number of nitrogens with one attached hydrogen (secondary N) is 2. The minimum absolute atomic E-state index is 0.0298. The summed E-state index contributed by atoms with van der Waals surface area (Å²) in [6.07, 6.45) is 1.31. The van der Waals surface area contributed by atoms with Crippen LogP contribution < -0.4 is 10.6 Å². The highest BCUT2D eigenvalue weighted by Crippen LogP contribution is 2.44. The summed E-state index contributed by atoms with van der Waals surface area (Å²) in [5, 5.41) is 14.5. The lowest BCUT2D eigenvalue weighted by Gasteiger charge is -2.14. The van der Waals surface area contributed by atoms with Crippen LogP contribution in [-0.4, -0.2) is 41.2 Å². The highest BCUT2D eigenvalue weighted by atomic mass is 32.1. The molecule has 3 aromatic rings. The molecule has 2 atom stereocenters. The predicted octanol–water partition coefficient (Wildman–Crippen LogP) is 3.95. The molecule has 3 N–H and O–H groups in total. The fraction of sp³-hybridized carbons (Fsp3) is 0.250. The van der Waals surface area contributed by atoms with E-state index in [9.17, 15) is 14.4 Å². The second-order valence-corrected chi connectivity index (χ2v) is 9.16. The topological polar surface area (TPSA) is 118 Å². The zero-order chi connectivity index (χ0) is 22.9. The number of benzene rings is 2. The van der Waals surface area contributed by atoms with E-state index in [1.165, 1.54) is 6.20 Å². The van der Waals surface area contributed by atoms with E-state index < -0.39 is 12.1 Å². The molecule has 2 aromatic carbocycles. The molecule has 2 amide bonds. The molecule has 1 aromatic heterocycles. The van der Waals surface area contributed by atoms with E-state index in [1.54, 1.807) is 0 Å². The first-order chi connectivity index (χ1) is 16.0. The number of carboxylic acid groups (broad SMARTS) is 1. The number of anilines is 1. The van der Waals surface area contributed by atoms with Crippen molar-refractivity contribution in [2.24, 2.45) is 11.8 Å². The lowest BCUT2D eigenvalue weighted by Crippen LogP contribution is -2.25. The minimum Gasteiger partial charge on any atom is -0.481 e. The maximum absolute atomic E-state index is 12.4. The number of ether oxygens (including phenoxy) is 1. The number of hydrogen-bond donors (Lipinski definition) is 3. The molecule has 5 rings (SSSR count). The molecule has 1 heterocycles. The van der Waals surface area contributed by atoms with Gasteiger partial charge in [-0.15, -0.1) is 0 Å². The molecule has 8 nitrogen and oxygen atoms in total. The van der Waals surface area contributed by atoms with Crippen LogP contribution in [0.15, 0.2) is 54.7 Å². The maximum atomic E-state index is 12.4. The van der Waals surface area contributed by atoms with Crippen molar-refractivity contribution in [3.63, 3.8) is 0 Å². The van der Waals surface area contributed by atoms with E-state index in [0.717, 1.165) is 33.6 Å². The van der Waals surface area contributed by atoms with Crippen LogP contribution in [-0.2, 0) is 9.53 Å². The normalized spacial score (nSPS) is 18.2. The monoisotopic (exact) mass is 463 g/mol. The Morgan fingerprint density at radius 3 is 2.36 bits per heavy atom. The van der Waals surface area contributed by atoms with Crippen LogP contribution in [0.4, 0.5) is 9.93 Å². The van der Waals surface area contributed by atoms with Crippen LogP contribution in [0.3, 0.4) is 0 Å². The minimum atomic E-state index is -0.832. The first kappa shape index (κ1) is 21.1. The molecule has 1 saturated carbocycles. The summed E-state index contributed by atoms with van der Waals surface area (Å²) in [5.41, 5.74) is 4.55. The molecule has 2 aliphatic carbocycles. The number of aliphatic carboxylic acids is 1. The second-order valence-electron chi connectivity index (χ2n) is 8.13. The molecule has 2 unspecified atom stereocenters. The van der Waals surface area contributed by atoms with E-state index in [2.05, 4.69) is 27.8 Å². The number of aromatic nitrogens is 1. The highest BCUT2D eigenvalue weighted by molar-refractivity contribution is 7.17. The molecule has 2 aliphatic rings. The SMILES string of the molecule is O=C(Nc1ncc(C(=O)NCC2CC2C(=O)O)s1)OCC1c2ccccc2-c2ccccc21. The third-order valence-corrected chi connectivity index (χ3v) is 6.96. The second kappa shape index (κ2) is 8.67. The highest BCUT2D eigenvalue weighted by Gasteiger charge is 2.43. The number of nitrogens with zero attached hydrogens (tertiary/aromatic N) is 1. The molecule has 168 valence electrons. The van der Waals surface area contributed by atoms with Gasteiger partial charge >= 0.3 is 12.1 Å². The van der Waals surface area contributed by atoms with Gasteiger partial charge in [-0.3, -0.25) is 14.9 Å². The van der Waals surface area contributed by atoms with E-state index in [-0.39, 0.29) is 35.4 Å². The largest absolute Gasteiger partial charge is 0.481 e. The zero-order valence-corrected chi connectivity index (χ0v) is 18.3. The lowest BCUT2D eigenvalue weighted by atomic mass is 9.98. The van der Waals surface area contributed by atoms with Crippen molar-refractivity contribution in [2.45, 2.75) is 12.3 Å². The average molecular weight is 464 g/mol. The first-order valence-corrected chi connectivity index (χ1v) is 11.4. The van der Waals surface area contributed by atoms with Crippen molar-refractivity contribution < 1.29 is 24.2 Å². The van der Waals surface area contributed by atoms with Gasteiger partial charge in [0, 0.05) is 12.5 Å². The maximum Gasteiger partial charge on any atom is 0.413 e. The smallest absolute Gasteiger partial charge is 0.413 e. The van der Waals surface area contributed by atoms with Gasteiger partial charge in [-0.25, -0.2) is 9.78 Å². The number of carbonyl (C=O) groups excluding carboxylic acids is 2. The molecule has 33 heavy (non-hydrogen) atoms.